The maximum absolute atomic E-state index is 3.62. The van der Waals surface area contributed by atoms with Crippen molar-refractivity contribution in [1.82, 2.24) is 5.32 Å². The Labute approximate surface area is 40.7 Å². The van der Waals surface area contributed by atoms with Gasteiger partial charge in [0.25, 0.3) is 0 Å². The van der Waals surface area contributed by atoms with Crippen LogP contribution in [0.25, 0.3) is 0 Å². The molecular weight excluding hydrogens is 92.1 g/mol. The molecule has 1 heterocycles. The van der Waals surface area contributed by atoms with E-state index in [9.17, 15) is 0 Å². The summed E-state index contributed by atoms with van der Waals surface area (Å²) in [6.45, 7) is 0. The smallest absolute Gasteiger partial charge is 0.139 e. The molecule has 0 radical (unpaired) electrons. The van der Waals surface area contributed by atoms with Crippen molar-refractivity contribution in [2.24, 2.45) is 15.2 Å². The van der Waals surface area contributed by atoms with Crippen molar-refractivity contribution in [3.8, 4) is 0 Å². The summed E-state index contributed by atoms with van der Waals surface area (Å²) >= 11 is 0. The minimum Gasteiger partial charge on any atom is -0.336 e. The van der Waals surface area contributed by atoms with Gasteiger partial charge in [-0.15, -0.1) is 10.2 Å². The Morgan fingerprint density at radius 2 is 2.14 bits per heavy atom. The number of nitrogens with one attached hydrogen (secondary N) is 1. The standard InChI is InChI=1S/C3H4N4/c1-4-2-6-7-3-5-1/h1-3H,(H,4,5,6,7). The Morgan fingerprint density at radius 3 is 3.14 bits per heavy atom. The van der Waals surface area contributed by atoms with Crippen LogP contribution >= 0.6 is 0 Å². The van der Waals surface area contributed by atoms with E-state index in [1.54, 1.807) is 0 Å². The van der Waals surface area contributed by atoms with Crippen molar-refractivity contribution in [3.05, 3.63) is 0 Å². The lowest BCUT2D eigenvalue weighted by atomic mass is 11.1. The highest BCUT2D eigenvalue weighted by molar-refractivity contribution is 5.81. The van der Waals surface area contributed by atoms with Gasteiger partial charge in [-0.2, -0.15) is 0 Å². The Morgan fingerprint density at radius 1 is 1.14 bits per heavy atom. The second kappa shape index (κ2) is 2.07. The summed E-state index contributed by atoms with van der Waals surface area (Å²) in [5.41, 5.74) is 0. The van der Waals surface area contributed by atoms with Crippen molar-refractivity contribution in [2.75, 3.05) is 0 Å². The Kier molecular flexibility index (Phi) is 1.18. The molecule has 0 aromatic carbocycles. The van der Waals surface area contributed by atoms with Gasteiger partial charge in [0, 0.05) is 0 Å². The zero-order valence-corrected chi connectivity index (χ0v) is 3.57. The van der Waals surface area contributed by atoms with Gasteiger partial charge in [0.1, 0.15) is 12.7 Å². The van der Waals surface area contributed by atoms with Gasteiger partial charge in [-0.05, 0) is 0 Å². The summed E-state index contributed by atoms with van der Waals surface area (Å²) < 4.78 is 0. The van der Waals surface area contributed by atoms with Crippen LogP contribution in [0, 0.1) is 0 Å². The van der Waals surface area contributed by atoms with Gasteiger partial charge < -0.3 is 5.32 Å². The van der Waals surface area contributed by atoms with Crippen molar-refractivity contribution in [2.45, 2.75) is 0 Å². The average molecular weight is 96.1 g/mol. The van der Waals surface area contributed by atoms with E-state index in [1.165, 1.54) is 19.0 Å². The first kappa shape index (κ1) is 3.98. The molecule has 1 aliphatic rings. The third-order valence-corrected chi connectivity index (χ3v) is 0.466. The van der Waals surface area contributed by atoms with E-state index in [4.69, 9.17) is 0 Å². The van der Waals surface area contributed by atoms with E-state index < -0.39 is 0 Å². The van der Waals surface area contributed by atoms with E-state index in [1.807, 2.05) is 0 Å². The summed E-state index contributed by atoms with van der Waals surface area (Å²) in [5.74, 6) is 0. The lowest BCUT2D eigenvalue weighted by Crippen LogP contribution is -2.04. The molecule has 36 valence electrons. The molecule has 0 aromatic heterocycles. The van der Waals surface area contributed by atoms with E-state index in [0.717, 1.165) is 0 Å². The molecule has 0 saturated heterocycles. The molecular formula is C3H4N4. The Bertz CT molecular complexity index is 109. The van der Waals surface area contributed by atoms with Crippen LogP contribution in [0.4, 0.5) is 0 Å². The Hall–Kier alpha value is -1.19. The lowest BCUT2D eigenvalue weighted by Gasteiger charge is -1.75. The van der Waals surface area contributed by atoms with E-state index in [2.05, 4.69) is 20.5 Å². The minimum atomic E-state index is 1.36. The van der Waals surface area contributed by atoms with Crippen LogP contribution in [-0.4, -0.2) is 19.0 Å². The molecule has 7 heavy (non-hydrogen) atoms. The number of aliphatic imine (C=N–C) groups is 1. The molecule has 0 aliphatic carbocycles. The molecule has 1 N–H and O–H groups in total. The number of hydrogen-bond donors (Lipinski definition) is 1. The quantitative estimate of drug-likeness (QED) is 0.438. The fourth-order valence-corrected chi connectivity index (χ4v) is 0.236. The zero-order chi connectivity index (χ0) is 4.95. The molecule has 0 aromatic rings. The Balaban J connectivity index is 2.60. The van der Waals surface area contributed by atoms with Crippen molar-refractivity contribution in [1.29, 1.82) is 0 Å². The molecule has 0 spiro atoms. The second-order valence-electron chi connectivity index (χ2n) is 0.920. The van der Waals surface area contributed by atoms with Gasteiger partial charge >= 0.3 is 0 Å². The fourth-order valence-electron chi connectivity index (χ4n) is 0.236. The van der Waals surface area contributed by atoms with Gasteiger partial charge in [-0.1, -0.05) is 0 Å². The second-order valence-corrected chi connectivity index (χ2v) is 0.920. The summed E-state index contributed by atoms with van der Waals surface area (Å²) in [5, 5.41) is 9.57. The largest absolute Gasteiger partial charge is 0.336 e. The highest BCUT2D eigenvalue weighted by atomic mass is 15.3. The molecule has 1 rings (SSSR count). The van der Waals surface area contributed by atoms with Crippen LogP contribution in [0.15, 0.2) is 15.2 Å². The van der Waals surface area contributed by atoms with Crippen molar-refractivity contribution < 1.29 is 0 Å². The average Bonchev–Trinajstić information content (AvgIpc) is 1.90. The van der Waals surface area contributed by atoms with Gasteiger partial charge in [-0.25, -0.2) is 4.99 Å². The van der Waals surface area contributed by atoms with E-state index >= 15 is 0 Å². The number of rotatable bonds is 0. The highest BCUT2D eigenvalue weighted by Crippen LogP contribution is 1.67. The number of nitrogens with zero attached hydrogens (tertiary/aromatic N) is 3. The summed E-state index contributed by atoms with van der Waals surface area (Å²) in [6, 6.07) is 0. The monoisotopic (exact) mass is 96.0 g/mol. The molecule has 0 unspecified atom stereocenters. The minimum absolute atomic E-state index is 1.36. The zero-order valence-electron chi connectivity index (χ0n) is 3.57. The number of hydrogen-bond acceptors (Lipinski definition) is 4. The van der Waals surface area contributed by atoms with Crippen molar-refractivity contribution >= 4 is 19.0 Å². The first-order valence-electron chi connectivity index (χ1n) is 1.81. The first-order chi connectivity index (χ1) is 3.50. The van der Waals surface area contributed by atoms with Crippen LogP contribution in [0.2, 0.25) is 0 Å². The summed E-state index contributed by atoms with van der Waals surface area (Å²) in [7, 11) is 0. The van der Waals surface area contributed by atoms with Gasteiger partial charge in [0.05, 0.1) is 6.34 Å². The summed E-state index contributed by atoms with van der Waals surface area (Å²) in [4.78, 5) is 3.62. The van der Waals surface area contributed by atoms with Gasteiger partial charge in [0.2, 0.25) is 0 Å². The third-order valence-electron chi connectivity index (χ3n) is 0.466. The van der Waals surface area contributed by atoms with Gasteiger partial charge in [-0.3, -0.25) is 0 Å². The molecule has 0 fully saturated rings. The van der Waals surface area contributed by atoms with Gasteiger partial charge in [0.15, 0.2) is 0 Å². The maximum atomic E-state index is 3.62. The van der Waals surface area contributed by atoms with Crippen molar-refractivity contribution in [3.63, 3.8) is 0 Å². The fraction of sp³-hybridized carbons (Fsp3) is 0. The van der Waals surface area contributed by atoms with E-state index in [0.29, 0.717) is 0 Å². The highest BCUT2D eigenvalue weighted by Gasteiger charge is 1.69. The summed E-state index contributed by atoms with van der Waals surface area (Å²) in [6.07, 6.45) is 4.31. The van der Waals surface area contributed by atoms with Crippen LogP contribution in [-0.2, 0) is 0 Å². The predicted octanol–water partition coefficient (Wildman–Crippen LogP) is -0.411. The topological polar surface area (TPSA) is 49.1 Å². The third kappa shape index (κ3) is 1.13. The first-order valence-corrected chi connectivity index (χ1v) is 1.81. The predicted molar refractivity (Wildman–Crippen MR) is 28.6 cm³/mol. The van der Waals surface area contributed by atoms with Crippen LogP contribution in [0.3, 0.4) is 0 Å². The molecule has 0 atom stereocenters. The molecule has 4 heteroatoms. The maximum Gasteiger partial charge on any atom is 0.139 e. The normalized spacial score (nSPS) is 16.0. The molecule has 0 bridgehead atoms. The van der Waals surface area contributed by atoms with Crippen LogP contribution in [0.5, 0.6) is 0 Å². The molecule has 0 amide bonds. The molecule has 1 aliphatic heterocycles. The molecule has 4 nitrogen and oxygen atoms in total. The van der Waals surface area contributed by atoms with E-state index in [-0.39, 0.29) is 0 Å². The van der Waals surface area contributed by atoms with Crippen LogP contribution in [0.1, 0.15) is 0 Å². The SMILES string of the molecule is C1=NC=NN=CN1. The lowest BCUT2D eigenvalue weighted by molar-refractivity contribution is 1.24. The molecule has 0 saturated carbocycles. The van der Waals surface area contributed by atoms with Crippen LogP contribution < -0.4 is 5.32 Å².